The molecule has 1 amide bonds. The molecule has 0 aromatic heterocycles. The van der Waals surface area contributed by atoms with Crippen LogP contribution in [0.15, 0.2) is 60.7 Å². The zero-order valence-corrected chi connectivity index (χ0v) is 18.9. The fourth-order valence-electron chi connectivity index (χ4n) is 3.67. The quantitative estimate of drug-likeness (QED) is 0.381. The molecule has 4 atom stereocenters. The molecule has 1 heterocycles. The van der Waals surface area contributed by atoms with Crippen LogP contribution in [0.3, 0.4) is 0 Å². The Hall–Kier alpha value is -2.83. The number of ether oxygens (including phenoxy) is 2. The minimum atomic E-state index is -1.11. The number of epoxide rings is 1. The number of benzene rings is 2. The summed E-state index contributed by atoms with van der Waals surface area (Å²) in [6.45, 7) is 2.14. The number of carbonyl (C=O) groups excluding carboxylic acids is 1. The SMILES string of the molecule is COc1ccc(C[C@@H](NC(=O)/C=C/CC[C@H](C)[C@H]2O[C@@H]2c2ccccc2)C(=O)O)cc1Cl. The molecule has 1 saturated heterocycles. The van der Waals surface area contributed by atoms with Gasteiger partial charge in [-0.1, -0.05) is 61.0 Å². The summed E-state index contributed by atoms with van der Waals surface area (Å²) in [7, 11) is 1.51. The second-order valence-electron chi connectivity index (χ2n) is 7.96. The summed E-state index contributed by atoms with van der Waals surface area (Å²) in [5.74, 6) is -0.672. The van der Waals surface area contributed by atoms with E-state index in [-0.39, 0.29) is 18.6 Å². The van der Waals surface area contributed by atoms with Gasteiger partial charge >= 0.3 is 5.97 Å². The van der Waals surface area contributed by atoms with Gasteiger partial charge in [0.05, 0.1) is 18.2 Å². The lowest BCUT2D eigenvalue weighted by Crippen LogP contribution is -2.41. The van der Waals surface area contributed by atoms with Crippen molar-refractivity contribution in [3.8, 4) is 5.75 Å². The van der Waals surface area contributed by atoms with Gasteiger partial charge in [-0.05, 0) is 48.1 Å². The van der Waals surface area contributed by atoms with Gasteiger partial charge in [0.15, 0.2) is 0 Å². The van der Waals surface area contributed by atoms with E-state index in [1.807, 2.05) is 18.2 Å². The predicted octanol–water partition coefficient (Wildman–Crippen LogP) is 4.57. The molecule has 32 heavy (non-hydrogen) atoms. The van der Waals surface area contributed by atoms with E-state index < -0.39 is 17.9 Å². The van der Waals surface area contributed by atoms with E-state index >= 15 is 0 Å². The van der Waals surface area contributed by atoms with Gasteiger partial charge in [0.25, 0.3) is 0 Å². The molecule has 3 rings (SSSR count). The highest BCUT2D eigenvalue weighted by Gasteiger charge is 2.43. The average Bonchev–Trinajstić information content (AvgIpc) is 3.58. The van der Waals surface area contributed by atoms with Crippen LogP contribution in [0.2, 0.25) is 5.02 Å². The molecule has 1 aliphatic rings. The third kappa shape index (κ3) is 6.58. The molecule has 2 aromatic carbocycles. The lowest BCUT2D eigenvalue weighted by molar-refractivity contribution is -0.141. The molecule has 0 aliphatic carbocycles. The molecule has 0 radical (unpaired) electrons. The van der Waals surface area contributed by atoms with Gasteiger partial charge in [0.2, 0.25) is 5.91 Å². The fraction of sp³-hybridized carbons (Fsp3) is 0.360. The van der Waals surface area contributed by atoms with Crippen molar-refractivity contribution < 1.29 is 24.2 Å². The molecule has 6 nitrogen and oxygen atoms in total. The lowest BCUT2D eigenvalue weighted by atomic mass is 9.97. The van der Waals surface area contributed by atoms with E-state index in [9.17, 15) is 14.7 Å². The van der Waals surface area contributed by atoms with Crippen molar-refractivity contribution in [3.05, 3.63) is 76.8 Å². The number of amides is 1. The first kappa shape index (κ1) is 23.8. The summed E-state index contributed by atoms with van der Waals surface area (Å²) in [4.78, 5) is 23.8. The average molecular weight is 458 g/mol. The van der Waals surface area contributed by atoms with E-state index in [2.05, 4.69) is 24.4 Å². The van der Waals surface area contributed by atoms with Crippen LogP contribution in [0.1, 0.15) is 37.0 Å². The summed E-state index contributed by atoms with van der Waals surface area (Å²) < 4.78 is 10.9. The molecule has 1 fully saturated rings. The van der Waals surface area contributed by atoms with E-state index in [1.54, 1.807) is 24.3 Å². The molecule has 0 saturated carbocycles. The first-order valence-electron chi connectivity index (χ1n) is 10.6. The number of allylic oxidation sites excluding steroid dienone is 1. The number of carbonyl (C=O) groups is 2. The largest absolute Gasteiger partial charge is 0.495 e. The maximum Gasteiger partial charge on any atom is 0.326 e. The van der Waals surface area contributed by atoms with E-state index in [4.69, 9.17) is 21.1 Å². The Balaban J connectivity index is 1.44. The molecule has 1 aliphatic heterocycles. The number of hydrogen-bond acceptors (Lipinski definition) is 4. The van der Waals surface area contributed by atoms with Crippen LogP contribution in [-0.2, 0) is 20.7 Å². The maximum absolute atomic E-state index is 12.2. The van der Waals surface area contributed by atoms with Gasteiger partial charge in [-0.25, -0.2) is 4.79 Å². The second-order valence-corrected chi connectivity index (χ2v) is 8.37. The van der Waals surface area contributed by atoms with Crippen LogP contribution in [0.5, 0.6) is 5.75 Å². The van der Waals surface area contributed by atoms with Gasteiger partial charge < -0.3 is 19.9 Å². The Bertz CT molecular complexity index is 962. The molecular formula is C25H28ClNO5. The van der Waals surface area contributed by atoms with Crippen molar-refractivity contribution in [2.45, 2.75) is 44.4 Å². The summed E-state index contributed by atoms with van der Waals surface area (Å²) in [6.07, 6.45) is 5.23. The summed E-state index contributed by atoms with van der Waals surface area (Å²) in [5, 5.41) is 12.4. The third-order valence-electron chi connectivity index (χ3n) is 5.54. The number of carboxylic acid groups (broad SMARTS) is 1. The predicted molar refractivity (Wildman–Crippen MR) is 123 cm³/mol. The first-order chi connectivity index (χ1) is 15.4. The van der Waals surface area contributed by atoms with Crippen LogP contribution < -0.4 is 10.1 Å². The van der Waals surface area contributed by atoms with E-state index in [0.29, 0.717) is 28.7 Å². The monoisotopic (exact) mass is 457 g/mol. The molecular weight excluding hydrogens is 430 g/mol. The number of rotatable bonds is 11. The van der Waals surface area contributed by atoms with Crippen molar-refractivity contribution >= 4 is 23.5 Å². The topological polar surface area (TPSA) is 88.2 Å². The van der Waals surface area contributed by atoms with Gasteiger partial charge in [-0.15, -0.1) is 0 Å². The Morgan fingerprint density at radius 2 is 2.00 bits per heavy atom. The highest BCUT2D eigenvalue weighted by Crippen LogP contribution is 2.44. The number of nitrogens with one attached hydrogen (secondary N) is 1. The third-order valence-corrected chi connectivity index (χ3v) is 5.84. The Morgan fingerprint density at radius 1 is 1.25 bits per heavy atom. The smallest absolute Gasteiger partial charge is 0.326 e. The molecule has 2 aromatic rings. The number of halogens is 1. The lowest BCUT2D eigenvalue weighted by Gasteiger charge is -2.14. The molecule has 170 valence electrons. The highest BCUT2D eigenvalue weighted by molar-refractivity contribution is 6.32. The minimum Gasteiger partial charge on any atom is -0.495 e. The highest BCUT2D eigenvalue weighted by atomic mass is 35.5. The Labute approximate surface area is 193 Å². The van der Waals surface area contributed by atoms with Crippen LogP contribution in [0.4, 0.5) is 0 Å². The van der Waals surface area contributed by atoms with Gasteiger partial charge in [0.1, 0.15) is 17.9 Å². The number of hydrogen-bond donors (Lipinski definition) is 2. The molecule has 7 heteroatoms. The maximum atomic E-state index is 12.2. The van der Waals surface area contributed by atoms with Crippen LogP contribution in [0, 0.1) is 5.92 Å². The molecule has 0 bridgehead atoms. The number of carboxylic acids is 1. The van der Waals surface area contributed by atoms with Gasteiger partial charge in [-0.3, -0.25) is 4.79 Å². The van der Waals surface area contributed by atoms with Gasteiger partial charge in [-0.2, -0.15) is 0 Å². The van der Waals surface area contributed by atoms with E-state index in [0.717, 1.165) is 6.42 Å². The van der Waals surface area contributed by atoms with Gasteiger partial charge in [0, 0.05) is 6.42 Å². The Kier molecular flexibility index (Phi) is 8.31. The fourth-order valence-corrected chi connectivity index (χ4v) is 3.95. The summed E-state index contributed by atoms with van der Waals surface area (Å²) in [5.41, 5.74) is 1.89. The molecule has 0 unspecified atom stereocenters. The molecule has 2 N–H and O–H groups in total. The standard InChI is InChI=1S/C25H28ClNO5/c1-16(23-24(32-23)18-9-4-3-5-10-18)8-6-7-11-22(28)27-20(25(29)30)15-17-12-13-21(31-2)19(26)14-17/h3-5,7,9-14,16,20,23-24H,6,8,15H2,1-2H3,(H,27,28)(H,29,30)/b11-7+/t16-,20+,23+,24+/m0/s1. The van der Waals surface area contributed by atoms with Crippen LogP contribution in [-0.4, -0.2) is 36.2 Å². The minimum absolute atomic E-state index is 0.121. The molecule has 0 spiro atoms. The van der Waals surface area contributed by atoms with Crippen molar-refractivity contribution in [2.24, 2.45) is 5.92 Å². The van der Waals surface area contributed by atoms with Crippen molar-refractivity contribution in [2.75, 3.05) is 7.11 Å². The van der Waals surface area contributed by atoms with Crippen molar-refractivity contribution in [1.82, 2.24) is 5.32 Å². The Morgan fingerprint density at radius 3 is 2.66 bits per heavy atom. The number of aliphatic carboxylic acids is 1. The van der Waals surface area contributed by atoms with Crippen molar-refractivity contribution in [1.29, 1.82) is 0 Å². The van der Waals surface area contributed by atoms with Crippen LogP contribution >= 0.6 is 11.6 Å². The second kappa shape index (κ2) is 11.2. The van der Waals surface area contributed by atoms with E-state index in [1.165, 1.54) is 18.7 Å². The first-order valence-corrected chi connectivity index (χ1v) is 11.0. The summed E-state index contributed by atoms with van der Waals surface area (Å²) >= 11 is 6.10. The van der Waals surface area contributed by atoms with Crippen LogP contribution in [0.25, 0.3) is 0 Å². The summed E-state index contributed by atoms with van der Waals surface area (Å²) in [6, 6.07) is 14.1. The number of methoxy groups -OCH3 is 1. The van der Waals surface area contributed by atoms with Crippen molar-refractivity contribution in [3.63, 3.8) is 0 Å². The normalized spacial score (nSPS) is 19.3. The zero-order valence-electron chi connectivity index (χ0n) is 18.2. The zero-order chi connectivity index (χ0) is 23.1.